The lowest BCUT2D eigenvalue weighted by Crippen LogP contribution is -2.09. The van der Waals surface area contributed by atoms with E-state index >= 15 is 0 Å². The van der Waals surface area contributed by atoms with Crippen LogP contribution in [0, 0.1) is 5.82 Å². The number of nitrogens with two attached hydrogens (primary N) is 1. The Labute approximate surface area is 71.7 Å². The van der Waals surface area contributed by atoms with Gasteiger partial charge in [-0.25, -0.2) is 4.39 Å². The Morgan fingerprint density at radius 3 is 2.67 bits per heavy atom. The van der Waals surface area contributed by atoms with Crippen molar-refractivity contribution < 1.29 is 4.39 Å². The van der Waals surface area contributed by atoms with Crippen molar-refractivity contribution in [3.63, 3.8) is 0 Å². The van der Waals surface area contributed by atoms with Crippen LogP contribution >= 0.6 is 0 Å². The highest BCUT2D eigenvalue weighted by molar-refractivity contribution is 5.50. The fourth-order valence-corrected chi connectivity index (χ4v) is 0.866. The first-order valence-corrected chi connectivity index (χ1v) is 3.88. The molecule has 0 spiro atoms. The van der Waals surface area contributed by atoms with Crippen LogP contribution in [0.25, 0.3) is 6.08 Å². The normalized spacial score (nSPS) is 13.6. The van der Waals surface area contributed by atoms with Crippen molar-refractivity contribution in [3.05, 3.63) is 41.7 Å². The molecule has 0 radical (unpaired) electrons. The van der Waals surface area contributed by atoms with Crippen molar-refractivity contribution in [2.45, 2.75) is 13.0 Å². The smallest absolute Gasteiger partial charge is 0.130 e. The van der Waals surface area contributed by atoms with E-state index in [0.29, 0.717) is 5.56 Å². The van der Waals surface area contributed by atoms with E-state index in [2.05, 4.69) is 0 Å². The van der Waals surface area contributed by atoms with Gasteiger partial charge >= 0.3 is 0 Å². The Morgan fingerprint density at radius 1 is 1.42 bits per heavy atom. The van der Waals surface area contributed by atoms with Gasteiger partial charge in [0.25, 0.3) is 0 Å². The minimum Gasteiger partial charge on any atom is -0.325 e. The number of halogens is 1. The molecule has 0 saturated heterocycles. The van der Waals surface area contributed by atoms with Crippen molar-refractivity contribution in [1.29, 1.82) is 0 Å². The quantitative estimate of drug-likeness (QED) is 0.714. The van der Waals surface area contributed by atoms with Crippen molar-refractivity contribution in [3.8, 4) is 0 Å². The van der Waals surface area contributed by atoms with Crippen molar-refractivity contribution in [2.75, 3.05) is 0 Å². The zero-order valence-electron chi connectivity index (χ0n) is 7.00. The second kappa shape index (κ2) is 4.02. The number of hydrogen-bond donors (Lipinski definition) is 1. The van der Waals surface area contributed by atoms with Crippen LogP contribution in [0.1, 0.15) is 12.5 Å². The molecule has 12 heavy (non-hydrogen) atoms. The van der Waals surface area contributed by atoms with Gasteiger partial charge in [-0.3, -0.25) is 0 Å². The molecular weight excluding hydrogens is 153 g/mol. The van der Waals surface area contributed by atoms with E-state index in [1.165, 1.54) is 6.07 Å². The van der Waals surface area contributed by atoms with Crippen molar-refractivity contribution in [1.82, 2.24) is 0 Å². The Morgan fingerprint density at radius 2 is 2.08 bits per heavy atom. The van der Waals surface area contributed by atoms with Gasteiger partial charge in [0, 0.05) is 11.6 Å². The summed E-state index contributed by atoms with van der Waals surface area (Å²) in [7, 11) is 0. The van der Waals surface area contributed by atoms with Crippen LogP contribution in [0.3, 0.4) is 0 Å². The van der Waals surface area contributed by atoms with Gasteiger partial charge in [0.2, 0.25) is 0 Å². The molecule has 1 rings (SSSR count). The highest BCUT2D eigenvalue weighted by Gasteiger charge is 1.94. The van der Waals surface area contributed by atoms with Gasteiger partial charge in [-0.2, -0.15) is 0 Å². The Kier molecular flexibility index (Phi) is 3.00. The maximum Gasteiger partial charge on any atom is 0.130 e. The summed E-state index contributed by atoms with van der Waals surface area (Å²) in [6, 6.07) is 6.57. The third kappa shape index (κ3) is 2.47. The van der Waals surface area contributed by atoms with Crippen LogP contribution in [0.4, 0.5) is 4.39 Å². The lowest BCUT2D eigenvalue weighted by Gasteiger charge is -1.96. The summed E-state index contributed by atoms with van der Waals surface area (Å²) in [5.41, 5.74) is 6.06. The van der Waals surface area contributed by atoms with E-state index in [9.17, 15) is 4.39 Å². The standard InChI is InChI=1S/C10H12FN/c1-8(12)6-7-9-4-2-3-5-10(9)11/h2-8H,12H2,1H3/b7-6+. The number of rotatable bonds is 2. The van der Waals surface area contributed by atoms with E-state index in [-0.39, 0.29) is 11.9 Å². The molecule has 1 aromatic carbocycles. The molecule has 1 atom stereocenters. The molecule has 0 saturated carbocycles. The summed E-state index contributed by atoms with van der Waals surface area (Å²) >= 11 is 0. The summed E-state index contributed by atoms with van der Waals surface area (Å²) in [5.74, 6) is -0.214. The van der Waals surface area contributed by atoms with E-state index in [1.54, 1.807) is 30.4 Å². The van der Waals surface area contributed by atoms with Gasteiger partial charge in [-0.15, -0.1) is 0 Å². The molecule has 0 heterocycles. The first-order valence-electron chi connectivity index (χ1n) is 3.88. The molecule has 1 nitrogen and oxygen atoms in total. The third-order valence-electron chi connectivity index (χ3n) is 1.48. The maximum absolute atomic E-state index is 12.9. The second-order valence-electron chi connectivity index (χ2n) is 2.74. The summed E-state index contributed by atoms with van der Waals surface area (Å²) in [6.07, 6.45) is 3.46. The summed E-state index contributed by atoms with van der Waals surface area (Å²) in [4.78, 5) is 0. The lowest BCUT2D eigenvalue weighted by atomic mass is 10.2. The molecule has 0 aliphatic carbocycles. The third-order valence-corrected chi connectivity index (χ3v) is 1.48. The summed E-state index contributed by atoms with van der Waals surface area (Å²) in [5, 5.41) is 0. The van der Waals surface area contributed by atoms with Crippen LogP contribution in [-0.2, 0) is 0 Å². The van der Waals surface area contributed by atoms with Gasteiger partial charge in [-0.1, -0.05) is 30.4 Å². The van der Waals surface area contributed by atoms with Crippen LogP contribution in [0.5, 0.6) is 0 Å². The van der Waals surface area contributed by atoms with Gasteiger partial charge in [0.1, 0.15) is 5.82 Å². The zero-order valence-corrected chi connectivity index (χ0v) is 7.00. The van der Waals surface area contributed by atoms with E-state index in [0.717, 1.165) is 0 Å². The fourth-order valence-electron chi connectivity index (χ4n) is 0.866. The van der Waals surface area contributed by atoms with E-state index in [1.807, 2.05) is 6.92 Å². The lowest BCUT2D eigenvalue weighted by molar-refractivity contribution is 0.625. The van der Waals surface area contributed by atoms with Crippen LogP contribution in [-0.4, -0.2) is 6.04 Å². The predicted molar refractivity (Wildman–Crippen MR) is 49.1 cm³/mol. The van der Waals surface area contributed by atoms with Crippen molar-refractivity contribution >= 4 is 6.08 Å². The molecular formula is C10H12FN. The van der Waals surface area contributed by atoms with Crippen LogP contribution in [0.15, 0.2) is 30.3 Å². The average Bonchev–Trinajstić information content (AvgIpc) is 2.03. The molecule has 1 aromatic rings. The minimum atomic E-state index is -0.214. The first kappa shape index (κ1) is 8.94. The highest BCUT2D eigenvalue weighted by Crippen LogP contribution is 2.07. The molecule has 1 unspecified atom stereocenters. The zero-order chi connectivity index (χ0) is 8.97. The van der Waals surface area contributed by atoms with Gasteiger partial charge < -0.3 is 5.73 Å². The molecule has 0 bridgehead atoms. The number of benzene rings is 1. The van der Waals surface area contributed by atoms with Crippen LogP contribution < -0.4 is 5.73 Å². The summed E-state index contributed by atoms with van der Waals surface area (Å²) in [6.45, 7) is 1.84. The number of hydrogen-bond acceptors (Lipinski definition) is 1. The van der Waals surface area contributed by atoms with Gasteiger partial charge in [0.05, 0.1) is 0 Å². The van der Waals surface area contributed by atoms with E-state index < -0.39 is 0 Å². The monoisotopic (exact) mass is 165 g/mol. The molecule has 0 fully saturated rings. The van der Waals surface area contributed by atoms with Crippen molar-refractivity contribution in [2.24, 2.45) is 5.73 Å². The molecule has 0 amide bonds. The second-order valence-corrected chi connectivity index (χ2v) is 2.74. The molecule has 0 aliphatic rings. The van der Waals surface area contributed by atoms with Crippen LogP contribution in [0.2, 0.25) is 0 Å². The molecule has 0 aromatic heterocycles. The average molecular weight is 165 g/mol. The van der Waals surface area contributed by atoms with E-state index in [4.69, 9.17) is 5.73 Å². The van der Waals surface area contributed by atoms with Gasteiger partial charge in [0.15, 0.2) is 0 Å². The highest BCUT2D eigenvalue weighted by atomic mass is 19.1. The summed E-state index contributed by atoms with van der Waals surface area (Å²) < 4.78 is 12.9. The Hall–Kier alpha value is -1.15. The Bertz CT molecular complexity index is 279. The molecule has 2 N–H and O–H groups in total. The molecule has 64 valence electrons. The predicted octanol–water partition coefficient (Wildman–Crippen LogP) is 2.19. The minimum absolute atomic E-state index is 0.0374. The largest absolute Gasteiger partial charge is 0.325 e. The molecule has 0 aliphatic heterocycles. The molecule has 2 heteroatoms. The van der Waals surface area contributed by atoms with Gasteiger partial charge in [-0.05, 0) is 13.0 Å². The SMILES string of the molecule is CC(N)/C=C/c1ccccc1F. The topological polar surface area (TPSA) is 26.0 Å². The maximum atomic E-state index is 12.9. The first-order chi connectivity index (χ1) is 5.70. The Balaban J connectivity index is 2.82. The fraction of sp³-hybridized carbons (Fsp3) is 0.200.